The monoisotopic (exact) mass is 705 g/mol. The molecule has 2 aromatic heterocycles. The summed E-state index contributed by atoms with van der Waals surface area (Å²) in [5.74, 6) is 0.239. The normalized spacial score (nSPS) is 15.5. The lowest BCUT2D eigenvalue weighted by Crippen LogP contribution is -2.44. The number of halogens is 1. The van der Waals surface area contributed by atoms with Crippen molar-refractivity contribution in [3.05, 3.63) is 84.7 Å². The van der Waals surface area contributed by atoms with Crippen molar-refractivity contribution in [3.8, 4) is 11.3 Å². The topological polar surface area (TPSA) is 130 Å². The Balaban J connectivity index is 1.22. The van der Waals surface area contributed by atoms with Crippen LogP contribution in [0.5, 0.6) is 0 Å². The minimum absolute atomic E-state index is 0.234. The molecule has 0 radical (unpaired) electrons. The van der Waals surface area contributed by atoms with E-state index in [1.165, 1.54) is 12.1 Å². The number of morpholine rings is 1. The molecule has 5 aromatic rings. The van der Waals surface area contributed by atoms with Crippen molar-refractivity contribution in [3.63, 3.8) is 0 Å². The Morgan fingerprint density at radius 3 is 2.46 bits per heavy atom. The van der Waals surface area contributed by atoms with Crippen LogP contribution >= 0.6 is 0 Å². The van der Waals surface area contributed by atoms with Crippen molar-refractivity contribution in [2.45, 2.75) is 0 Å². The number of aromatic amines is 1. The summed E-state index contributed by atoms with van der Waals surface area (Å²) in [6, 6.07) is 20.8. The second-order valence-corrected chi connectivity index (χ2v) is 13.3. The fourth-order valence-corrected chi connectivity index (χ4v) is 6.34. The Hall–Kier alpha value is -5.57. The Morgan fingerprint density at radius 1 is 0.904 bits per heavy atom. The van der Waals surface area contributed by atoms with Crippen molar-refractivity contribution in [1.82, 2.24) is 30.0 Å². The molecule has 0 unspecified atom stereocenters. The highest BCUT2D eigenvalue weighted by atomic mass is 19.1. The zero-order chi connectivity index (χ0) is 36.0. The van der Waals surface area contributed by atoms with E-state index in [4.69, 9.17) is 14.7 Å². The first kappa shape index (κ1) is 34.9. The second kappa shape index (κ2) is 15.8. The lowest BCUT2D eigenvalue weighted by molar-refractivity contribution is -0.111. The molecule has 2 saturated heterocycles. The van der Waals surface area contributed by atoms with Gasteiger partial charge in [-0.05, 0) is 69.7 Å². The van der Waals surface area contributed by atoms with Gasteiger partial charge in [-0.15, -0.1) is 0 Å². The smallest absolute Gasteiger partial charge is 0.248 e. The summed E-state index contributed by atoms with van der Waals surface area (Å²) in [6.07, 6.45) is 3.33. The first-order valence-electron chi connectivity index (χ1n) is 17.5. The third-order valence-corrected chi connectivity index (χ3v) is 9.10. The van der Waals surface area contributed by atoms with Gasteiger partial charge in [0.1, 0.15) is 5.82 Å². The van der Waals surface area contributed by atoms with Crippen LogP contribution in [0.15, 0.2) is 78.9 Å². The van der Waals surface area contributed by atoms with Gasteiger partial charge in [-0.3, -0.25) is 9.89 Å². The third kappa shape index (κ3) is 8.31. The van der Waals surface area contributed by atoms with Crippen molar-refractivity contribution < 1.29 is 13.9 Å². The van der Waals surface area contributed by atoms with Crippen LogP contribution < -0.4 is 25.8 Å². The highest BCUT2D eigenvalue weighted by Gasteiger charge is 2.21. The van der Waals surface area contributed by atoms with E-state index in [0.29, 0.717) is 78.4 Å². The largest absolute Gasteiger partial charge is 0.378 e. The van der Waals surface area contributed by atoms with E-state index in [1.54, 1.807) is 6.07 Å². The fourth-order valence-electron chi connectivity index (χ4n) is 6.34. The fraction of sp³-hybridized carbons (Fsp3) is 0.316. The summed E-state index contributed by atoms with van der Waals surface area (Å²) in [5.41, 5.74) is 5.44. The van der Waals surface area contributed by atoms with Crippen molar-refractivity contribution in [1.29, 1.82) is 0 Å². The van der Waals surface area contributed by atoms with Crippen LogP contribution in [0.4, 0.5) is 44.6 Å². The number of anilines is 7. The first-order valence-corrected chi connectivity index (χ1v) is 17.5. The van der Waals surface area contributed by atoms with Crippen LogP contribution in [0, 0.1) is 5.82 Å². The summed E-state index contributed by atoms with van der Waals surface area (Å²) in [6.45, 7) is 6.98. The molecule has 14 heteroatoms. The van der Waals surface area contributed by atoms with Crippen LogP contribution in [-0.2, 0) is 9.53 Å². The SMILES string of the molecule is CN(C)C/C=C/C(=O)Nc1cccc(-c2nc(Nc3cccc(N4CCN(C)CC4)c3)nc3[nH]nc(Nc4ccc(N5CCOCC5)c(F)c4)c23)c1. The maximum atomic E-state index is 15.4. The maximum absolute atomic E-state index is 15.4. The zero-order valence-corrected chi connectivity index (χ0v) is 29.7. The van der Waals surface area contributed by atoms with Gasteiger partial charge in [-0.2, -0.15) is 10.1 Å². The van der Waals surface area contributed by atoms with Crippen LogP contribution in [0.3, 0.4) is 0 Å². The molecule has 0 bridgehead atoms. The predicted octanol–water partition coefficient (Wildman–Crippen LogP) is 5.29. The van der Waals surface area contributed by atoms with Crippen LogP contribution in [0.1, 0.15) is 0 Å². The molecule has 4 N–H and O–H groups in total. The minimum Gasteiger partial charge on any atom is -0.378 e. The zero-order valence-electron chi connectivity index (χ0n) is 29.7. The number of carbonyl (C=O) groups excluding carboxylic acids is 1. The van der Waals surface area contributed by atoms with Gasteiger partial charge in [0.25, 0.3) is 0 Å². The molecular weight excluding hydrogens is 661 g/mol. The van der Waals surface area contributed by atoms with E-state index in [0.717, 1.165) is 43.1 Å². The molecule has 0 atom stereocenters. The number of hydrogen-bond donors (Lipinski definition) is 4. The highest BCUT2D eigenvalue weighted by molar-refractivity contribution is 6.02. The number of rotatable bonds is 11. The minimum atomic E-state index is -0.337. The molecule has 2 aliphatic heterocycles. The standard InChI is InChI=1S/C38H44FN11O2/c1-47(2)14-6-11-33(51)40-27-8-4-7-26(23-27)35-34-36(41-29-12-13-32(31(39)25-29)50-19-21-52-22-20-50)45-46-37(34)44-38(43-35)42-28-9-5-10-30(24-28)49-17-15-48(3)16-18-49/h4-13,23-25H,14-22H2,1-3H3,(H,40,51)(H3,41,42,43,44,45,46)/b11-6+. The number of ether oxygens (including phenoxy) is 1. The van der Waals surface area contributed by atoms with Crippen LogP contribution in [0.2, 0.25) is 0 Å². The van der Waals surface area contributed by atoms with Gasteiger partial charge in [0.2, 0.25) is 11.9 Å². The van der Waals surface area contributed by atoms with Gasteiger partial charge < -0.3 is 40.3 Å². The van der Waals surface area contributed by atoms with E-state index >= 15 is 4.39 Å². The van der Waals surface area contributed by atoms with Gasteiger partial charge >= 0.3 is 0 Å². The number of piperazine rings is 1. The van der Waals surface area contributed by atoms with Gasteiger partial charge in [-0.25, -0.2) is 9.37 Å². The number of aromatic nitrogens is 4. The lowest BCUT2D eigenvalue weighted by Gasteiger charge is -2.34. The second-order valence-electron chi connectivity index (χ2n) is 13.3. The molecule has 0 spiro atoms. The van der Waals surface area contributed by atoms with E-state index in [9.17, 15) is 4.79 Å². The number of hydrogen-bond acceptors (Lipinski definition) is 11. The highest BCUT2D eigenvalue weighted by Crippen LogP contribution is 2.35. The number of benzene rings is 3. The summed E-state index contributed by atoms with van der Waals surface area (Å²) in [5, 5.41) is 17.9. The average Bonchev–Trinajstić information content (AvgIpc) is 3.54. The number of H-pyrrole nitrogens is 1. The molecule has 3 aromatic carbocycles. The molecule has 13 nitrogen and oxygen atoms in total. The van der Waals surface area contributed by atoms with Gasteiger partial charge in [0.15, 0.2) is 11.5 Å². The summed E-state index contributed by atoms with van der Waals surface area (Å²) < 4.78 is 20.8. The number of fused-ring (bicyclic) bond motifs is 1. The molecule has 52 heavy (non-hydrogen) atoms. The molecule has 270 valence electrons. The van der Waals surface area contributed by atoms with E-state index in [-0.39, 0.29) is 11.7 Å². The molecule has 4 heterocycles. The first-order chi connectivity index (χ1) is 25.3. The molecular formula is C38H44FN11O2. The molecule has 7 rings (SSSR count). The van der Waals surface area contributed by atoms with Crippen molar-refractivity contribution >= 4 is 57.1 Å². The Labute approximate surface area is 302 Å². The van der Waals surface area contributed by atoms with Crippen LogP contribution in [-0.4, -0.2) is 116 Å². The van der Waals surface area contributed by atoms with Crippen molar-refractivity contribution in [2.24, 2.45) is 0 Å². The van der Waals surface area contributed by atoms with Crippen LogP contribution in [0.25, 0.3) is 22.3 Å². The van der Waals surface area contributed by atoms with Crippen molar-refractivity contribution in [2.75, 3.05) is 106 Å². The number of likely N-dealkylation sites (N-methyl/N-ethyl adjacent to an activating group) is 2. The molecule has 0 aliphatic carbocycles. The number of amides is 1. The maximum Gasteiger partial charge on any atom is 0.248 e. The van der Waals surface area contributed by atoms with E-state index in [2.05, 4.69) is 55.1 Å². The molecule has 2 aliphatic rings. The number of nitrogens with one attached hydrogen (secondary N) is 4. The number of carbonyl (C=O) groups is 1. The summed E-state index contributed by atoms with van der Waals surface area (Å²) in [7, 11) is 6.03. The predicted molar refractivity (Wildman–Crippen MR) is 206 cm³/mol. The Bertz CT molecular complexity index is 2050. The van der Waals surface area contributed by atoms with E-state index < -0.39 is 0 Å². The third-order valence-electron chi connectivity index (χ3n) is 9.10. The quantitative estimate of drug-likeness (QED) is 0.134. The van der Waals surface area contributed by atoms with Gasteiger partial charge in [0, 0.05) is 80.2 Å². The van der Waals surface area contributed by atoms with Gasteiger partial charge in [-0.1, -0.05) is 24.3 Å². The lowest BCUT2D eigenvalue weighted by atomic mass is 10.1. The summed E-state index contributed by atoms with van der Waals surface area (Å²) in [4.78, 5) is 31.2. The molecule has 1 amide bonds. The number of nitrogens with zero attached hydrogens (tertiary/aromatic N) is 7. The Kier molecular flexibility index (Phi) is 10.6. The molecule has 0 saturated carbocycles. The van der Waals surface area contributed by atoms with Gasteiger partial charge in [0.05, 0.1) is 30.0 Å². The summed E-state index contributed by atoms with van der Waals surface area (Å²) >= 11 is 0. The van der Waals surface area contributed by atoms with E-state index in [1.807, 2.05) is 72.4 Å². The average molecular weight is 706 g/mol. The molecule has 2 fully saturated rings. The Morgan fingerprint density at radius 2 is 1.67 bits per heavy atom.